The van der Waals surface area contributed by atoms with Gasteiger partial charge < -0.3 is 10.4 Å². The zero-order valence-electron chi connectivity index (χ0n) is 10.7. The summed E-state index contributed by atoms with van der Waals surface area (Å²) in [6.45, 7) is 3.22. The number of carboxylic acids is 1. The van der Waals surface area contributed by atoms with E-state index in [2.05, 4.69) is 10.3 Å². The Morgan fingerprint density at radius 3 is 2.68 bits per heavy atom. The molecule has 0 saturated carbocycles. The number of pyridine rings is 1. The fourth-order valence-electron chi connectivity index (χ4n) is 1.83. The van der Waals surface area contributed by atoms with Gasteiger partial charge in [0.25, 0.3) is 5.91 Å². The fraction of sp³-hybridized carbons (Fsp3) is 0.214. The molecule has 98 valence electrons. The number of carboxylic acid groups (broad SMARTS) is 1. The molecule has 0 aliphatic rings. The topological polar surface area (TPSA) is 79.3 Å². The summed E-state index contributed by atoms with van der Waals surface area (Å²) in [5.74, 6) is -1.47. The third-order valence-electron chi connectivity index (χ3n) is 2.81. The molecule has 5 nitrogen and oxygen atoms in total. The van der Waals surface area contributed by atoms with Crippen LogP contribution in [0.25, 0.3) is 10.9 Å². The molecule has 0 saturated heterocycles. The molecule has 2 aromatic rings. The van der Waals surface area contributed by atoms with Gasteiger partial charge in [-0.1, -0.05) is 18.2 Å². The summed E-state index contributed by atoms with van der Waals surface area (Å²) in [6, 6.07) is 8.00. The van der Waals surface area contributed by atoms with Crippen molar-refractivity contribution in [1.82, 2.24) is 10.3 Å². The van der Waals surface area contributed by atoms with Gasteiger partial charge in [-0.3, -0.25) is 14.6 Å². The Balaban J connectivity index is 2.44. The molecule has 19 heavy (non-hydrogen) atoms. The SMILES string of the molecule is Cc1cc(C(=O)N[C@H](C)C(=O)O)c2ccccc2n1. The number of para-hydroxylation sites is 1. The van der Waals surface area contributed by atoms with Crippen LogP contribution in [-0.4, -0.2) is 28.0 Å². The summed E-state index contributed by atoms with van der Waals surface area (Å²) < 4.78 is 0. The second kappa shape index (κ2) is 5.06. The van der Waals surface area contributed by atoms with Gasteiger partial charge in [-0.05, 0) is 26.0 Å². The molecule has 2 N–H and O–H groups in total. The Morgan fingerprint density at radius 2 is 2.00 bits per heavy atom. The molecule has 1 aromatic heterocycles. The lowest BCUT2D eigenvalue weighted by molar-refractivity contribution is -0.138. The van der Waals surface area contributed by atoms with E-state index in [1.807, 2.05) is 18.2 Å². The van der Waals surface area contributed by atoms with Crippen LogP contribution >= 0.6 is 0 Å². The first kappa shape index (κ1) is 13.0. The third-order valence-corrected chi connectivity index (χ3v) is 2.81. The van der Waals surface area contributed by atoms with Crippen molar-refractivity contribution in [3.63, 3.8) is 0 Å². The molecule has 1 heterocycles. The average Bonchev–Trinajstić information content (AvgIpc) is 2.37. The summed E-state index contributed by atoms with van der Waals surface area (Å²) in [5, 5.41) is 12.0. The molecule has 0 unspecified atom stereocenters. The molecule has 0 aliphatic carbocycles. The Bertz CT molecular complexity index is 652. The maximum absolute atomic E-state index is 12.1. The number of fused-ring (bicyclic) bond motifs is 1. The zero-order valence-corrected chi connectivity index (χ0v) is 10.7. The molecule has 2 rings (SSSR count). The molecule has 0 bridgehead atoms. The van der Waals surface area contributed by atoms with Crippen molar-refractivity contribution in [2.24, 2.45) is 0 Å². The lowest BCUT2D eigenvalue weighted by Crippen LogP contribution is -2.38. The second-order valence-corrected chi connectivity index (χ2v) is 4.36. The summed E-state index contributed by atoms with van der Waals surface area (Å²) in [7, 11) is 0. The number of aliphatic carboxylic acids is 1. The monoisotopic (exact) mass is 258 g/mol. The molecule has 1 amide bonds. The summed E-state index contributed by atoms with van der Waals surface area (Å²) >= 11 is 0. The summed E-state index contributed by atoms with van der Waals surface area (Å²) in [4.78, 5) is 27.2. The quantitative estimate of drug-likeness (QED) is 0.879. The van der Waals surface area contributed by atoms with Gasteiger partial charge in [0.1, 0.15) is 6.04 Å². The maximum atomic E-state index is 12.1. The van der Waals surface area contributed by atoms with Crippen molar-refractivity contribution in [3.05, 3.63) is 41.6 Å². The predicted molar refractivity (Wildman–Crippen MR) is 71.0 cm³/mol. The van der Waals surface area contributed by atoms with Crippen LogP contribution in [0.3, 0.4) is 0 Å². The van der Waals surface area contributed by atoms with E-state index >= 15 is 0 Å². The van der Waals surface area contributed by atoms with Gasteiger partial charge in [-0.2, -0.15) is 0 Å². The predicted octanol–water partition coefficient (Wildman–Crippen LogP) is 1.75. The molecule has 1 atom stereocenters. The van der Waals surface area contributed by atoms with Crippen LogP contribution in [0.15, 0.2) is 30.3 Å². The van der Waals surface area contributed by atoms with Gasteiger partial charge in [0.15, 0.2) is 0 Å². The van der Waals surface area contributed by atoms with Gasteiger partial charge in [0.2, 0.25) is 0 Å². The molecular weight excluding hydrogens is 244 g/mol. The lowest BCUT2D eigenvalue weighted by atomic mass is 10.1. The number of amides is 1. The van der Waals surface area contributed by atoms with Crippen molar-refractivity contribution < 1.29 is 14.7 Å². The number of carbonyl (C=O) groups is 2. The Kier molecular flexibility index (Phi) is 3.46. The number of nitrogens with zero attached hydrogens (tertiary/aromatic N) is 1. The van der Waals surface area contributed by atoms with Crippen LogP contribution in [0.1, 0.15) is 23.0 Å². The number of hydrogen-bond acceptors (Lipinski definition) is 3. The number of benzene rings is 1. The van der Waals surface area contributed by atoms with Crippen LogP contribution in [-0.2, 0) is 4.79 Å². The highest BCUT2D eigenvalue weighted by Gasteiger charge is 2.17. The third kappa shape index (κ3) is 2.70. The van der Waals surface area contributed by atoms with Crippen LogP contribution in [0.2, 0.25) is 0 Å². The van der Waals surface area contributed by atoms with Gasteiger partial charge in [-0.25, -0.2) is 0 Å². The van der Waals surface area contributed by atoms with Crippen LogP contribution in [0.4, 0.5) is 0 Å². The van der Waals surface area contributed by atoms with Crippen molar-refractivity contribution in [3.8, 4) is 0 Å². The smallest absolute Gasteiger partial charge is 0.325 e. The van der Waals surface area contributed by atoms with E-state index in [4.69, 9.17) is 5.11 Å². The van der Waals surface area contributed by atoms with Crippen molar-refractivity contribution >= 4 is 22.8 Å². The van der Waals surface area contributed by atoms with Gasteiger partial charge >= 0.3 is 5.97 Å². The molecule has 0 aliphatic heterocycles. The highest BCUT2D eigenvalue weighted by Crippen LogP contribution is 2.18. The zero-order chi connectivity index (χ0) is 14.0. The number of hydrogen-bond donors (Lipinski definition) is 2. The van der Waals surface area contributed by atoms with E-state index in [0.717, 1.165) is 5.52 Å². The molecule has 1 aromatic carbocycles. The molecule has 0 spiro atoms. The molecule has 0 radical (unpaired) electrons. The summed E-state index contributed by atoms with van der Waals surface area (Å²) in [5.41, 5.74) is 1.87. The van der Waals surface area contributed by atoms with Crippen LogP contribution < -0.4 is 5.32 Å². The Hall–Kier alpha value is -2.43. The van der Waals surface area contributed by atoms with E-state index in [9.17, 15) is 9.59 Å². The van der Waals surface area contributed by atoms with E-state index in [-0.39, 0.29) is 0 Å². The van der Waals surface area contributed by atoms with Crippen molar-refractivity contribution in [2.45, 2.75) is 19.9 Å². The first-order chi connectivity index (χ1) is 8.99. The first-order valence-corrected chi connectivity index (χ1v) is 5.89. The highest BCUT2D eigenvalue weighted by molar-refractivity contribution is 6.07. The number of aromatic nitrogens is 1. The van der Waals surface area contributed by atoms with Gasteiger partial charge in [0.05, 0.1) is 11.1 Å². The lowest BCUT2D eigenvalue weighted by Gasteiger charge is -2.11. The Morgan fingerprint density at radius 1 is 1.32 bits per heavy atom. The largest absolute Gasteiger partial charge is 0.480 e. The highest BCUT2D eigenvalue weighted by atomic mass is 16.4. The van der Waals surface area contributed by atoms with E-state index in [1.165, 1.54) is 6.92 Å². The molecular formula is C14H14N2O3. The number of aryl methyl sites for hydroxylation is 1. The van der Waals surface area contributed by atoms with Crippen LogP contribution in [0.5, 0.6) is 0 Å². The Labute approximate surface area is 110 Å². The molecule has 5 heteroatoms. The maximum Gasteiger partial charge on any atom is 0.325 e. The van der Waals surface area contributed by atoms with E-state index < -0.39 is 17.9 Å². The molecule has 0 fully saturated rings. The van der Waals surface area contributed by atoms with Crippen molar-refractivity contribution in [2.75, 3.05) is 0 Å². The minimum Gasteiger partial charge on any atom is -0.480 e. The average molecular weight is 258 g/mol. The van der Waals surface area contributed by atoms with Crippen LogP contribution in [0, 0.1) is 6.92 Å². The fourth-order valence-corrected chi connectivity index (χ4v) is 1.83. The first-order valence-electron chi connectivity index (χ1n) is 5.89. The number of rotatable bonds is 3. The van der Waals surface area contributed by atoms with E-state index in [0.29, 0.717) is 16.6 Å². The minimum absolute atomic E-state index is 0.406. The van der Waals surface area contributed by atoms with Crippen molar-refractivity contribution in [1.29, 1.82) is 0 Å². The van der Waals surface area contributed by atoms with Gasteiger partial charge in [0, 0.05) is 11.1 Å². The normalized spacial score (nSPS) is 12.1. The second-order valence-electron chi connectivity index (χ2n) is 4.36. The number of carbonyl (C=O) groups excluding carboxylic acids is 1. The van der Waals surface area contributed by atoms with E-state index in [1.54, 1.807) is 19.1 Å². The van der Waals surface area contributed by atoms with Gasteiger partial charge in [-0.15, -0.1) is 0 Å². The number of nitrogens with one attached hydrogen (secondary N) is 1. The summed E-state index contributed by atoms with van der Waals surface area (Å²) in [6.07, 6.45) is 0. The minimum atomic E-state index is -1.07. The standard InChI is InChI=1S/C14H14N2O3/c1-8-7-11(13(17)16-9(2)14(18)19)10-5-3-4-6-12(10)15-8/h3-7,9H,1-2H3,(H,16,17)(H,18,19)/t9-/m1/s1.